The molecule has 2 rings (SSSR count). The molecule has 2 N–H and O–H groups in total. The largest absolute Gasteiger partial charge is 0.398 e. The third-order valence-electron chi connectivity index (χ3n) is 2.09. The number of carbonyl (C=O) groups is 1. The first-order chi connectivity index (χ1) is 9.20. The Balaban J connectivity index is 2.21. The van der Waals surface area contributed by atoms with Crippen molar-refractivity contribution in [3.63, 3.8) is 0 Å². The highest BCUT2D eigenvalue weighted by atomic mass is 32.2. The lowest BCUT2D eigenvalue weighted by atomic mass is 10.3. The predicted molar refractivity (Wildman–Crippen MR) is 77.4 cm³/mol. The van der Waals surface area contributed by atoms with E-state index >= 15 is 0 Å². The molecule has 5 nitrogen and oxygen atoms in total. The van der Waals surface area contributed by atoms with Crippen LogP contribution >= 0.6 is 23.1 Å². The van der Waals surface area contributed by atoms with Crippen LogP contribution in [-0.2, 0) is 9.63 Å². The van der Waals surface area contributed by atoms with E-state index in [9.17, 15) is 4.79 Å². The zero-order valence-electron chi connectivity index (χ0n) is 10.1. The van der Waals surface area contributed by atoms with E-state index in [0.29, 0.717) is 10.8 Å². The van der Waals surface area contributed by atoms with Crippen LogP contribution < -0.4 is 5.73 Å². The number of hydrogen-bond acceptors (Lipinski definition) is 7. The van der Waals surface area contributed by atoms with Crippen molar-refractivity contribution >= 4 is 39.1 Å². The van der Waals surface area contributed by atoms with E-state index in [4.69, 9.17) is 10.6 Å². The van der Waals surface area contributed by atoms with Gasteiger partial charge in [-0.25, -0.2) is 4.98 Å². The number of thiazole rings is 1. The molecule has 0 atom stereocenters. The molecule has 7 heteroatoms. The number of anilines is 1. The maximum absolute atomic E-state index is 12.2. The average Bonchev–Trinajstić information content (AvgIpc) is 2.83. The van der Waals surface area contributed by atoms with Gasteiger partial charge in [-0.2, -0.15) is 0 Å². The minimum Gasteiger partial charge on any atom is -0.398 e. The van der Waals surface area contributed by atoms with Crippen LogP contribution in [0.2, 0.25) is 0 Å². The van der Waals surface area contributed by atoms with Crippen molar-refractivity contribution in [2.75, 3.05) is 12.8 Å². The Morgan fingerprint density at radius 1 is 1.42 bits per heavy atom. The standard InChI is InChI=1S/C12H11N3O2S2/c1-17-15-10(9-7-18-12(13)14-9)11(16)19-8-5-3-2-4-6-8/h2-7H,1H3,(H2,13,14). The van der Waals surface area contributed by atoms with Crippen LogP contribution in [0.1, 0.15) is 5.69 Å². The molecule has 0 aliphatic carbocycles. The molecule has 98 valence electrons. The molecule has 0 aliphatic rings. The minimum atomic E-state index is -0.238. The Morgan fingerprint density at radius 2 is 2.16 bits per heavy atom. The highest BCUT2D eigenvalue weighted by molar-refractivity contribution is 8.15. The molecule has 19 heavy (non-hydrogen) atoms. The molecular formula is C12H11N3O2S2. The van der Waals surface area contributed by atoms with Gasteiger partial charge in [0.05, 0.1) is 0 Å². The first kappa shape index (κ1) is 13.6. The van der Waals surface area contributed by atoms with E-state index in [1.54, 1.807) is 5.38 Å². The van der Waals surface area contributed by atoms with Crippen molar-refractivity contribution < 1.29 is 9.63 Å². The van der Waals surface area contributed by atoms with Gasteiger partial charge < -0.3 is 10.6 Å². The zero-order chi connectivity index (χ0) is 13.7. The fourth-order valence-corrected chi connectivity index (χ4v) is 2.61. The van der Waals surface area contributed by atoms with Gasteiger partial charge in [0.1, 0.15) is 12.8 Å². The Kier molecular flexibility index (Phi) is 4.53. The van der Waals surface area contributed by atoms with Crippen LogP contribution in [0.15, 0.2) is 45.8 Å². The maximum Gasteiger partial charge on any atom is 0.248 e. The summed E-state index contributed by atoms with van der Waals surface area (Å²) in [7, 11) is 1.39. The van der Waals surface area contributed by atoms with Gasteiger partial charge in [0, 0.05) is 10.3 Å². The van der Waals surface area contributed by atoms with Crippen LogP contribution in [0.5, 0.6) is 0 Å². The number of hydrogen-bond donors (Lipinski definition) is 1. The Labute approximate surface area is 118 Å². The summed E-state index contributed by atoms with van der Waals surface area (Å²) in [6, 6.07) is 9.32. The maximum atomic E-state index is 12.2. The van der Waals surface area contributed by atoms with Crippen molar-refractivity contribution in [2.45, 2.75) is 4.90 Å². The molecule has 0 saturated heterocycles. The molecule has 0 fully saturated rings. The average molecular weight is 293 g/mol. The smallest absolute Gasteiger partial charge is 0.248 e. The second kappa shape index (κ2) is 6.35. The molecule has 0 bridgehead atoms. The molecule has 0 unspecified atom stereocenters. The zero-order valence-corrected chi connectivity index (χ0v) is 11.7. The number of nitrogens with zero attached hydrogens (tertiary/aromatic N) is 2. The van der Waals surface area contributed by atoms with Crippen LogP contribution in [0, 0.1) is 0 Å². The fraction of sp³-hybridized carbons (Fsp3) is 0.0833. The van der Waals surface area contributed by atoms with E-state index in [-0.39, 0.29) is 10.8 Å². The molecule has 1 heterocycles. The number of oxime groups is 1. The molecule has 0 amide bonds. The van der Waals surface area contributed by atoms with Crippen LogP contribution in [0.3, 0.4) is 0 Å². The van der Waals surface area contributed by atoms with E-state index in [0.717, 1.165) is 16.7 Å². The molecule has 0 radical (unpaired) electrons. The van der Waals surface area contributed by atoms with Crippen LogP contribution in [0.25, 0.3) is 0 Å². The summed E-state index contributed by atoms with van der Waals surface area (Å²) in [6.45, 7) is 0. The van der Waals surface area contributed by atoms with Crippen molar-refractivity contribution in [3.05, 3.63) is 41.4 Å². The van der Waals surface area contributed by atoms with Gasteiger partial charge in [-0.15, -0.1) is 11.3 Å². The number of aromatic nitrogens is 1. The lowest BCUT2D eigenvalue weighted by Gasteiger charge is -2.01. The van der Waals surface area contributed by atoms with Gasteiger partial charge in [0.2, 0.25) is 5.12 Å². The molecule has 1 aromatic heterocycles. The summed E-state index contributed by atoms with van der Waals surface area (Å²) < 4.78 is 0. The van der Waals surface area contributed by atoms with Crippen LogP contribution in [0.4, 0.5) is 5.13 Å². The Bertz CT molecular complexity index is 596. The summed E-state index contributed by atoms with van der Waals surface area (Å²) in [5, 5.41) is 5.56. The van der Waals surface area contributed by atoms with Crippen molar-refractivity contribution in [1.29, 1.82) is 0 Å². The number of rotatable bonds is 4. The van der Waals surface area contributed by atoms with Gasteiger partial charge in [0.25, 0.3) is 0 Å². The molecule has 0 saturated carbocycles. The van der Waals surface area contributed by atoms with Gasteiger partial charge in [-0.05, 0) is 23.9 Å². The normalized spacial score (nSPS) is 11.3. The molecule has 0 spiro atoms. The third-order valence-corrected chi connectivity index (χ3v) is 3.65. The van der Waals surface area contributed by atoms with Gasteiger partial charge in [0.15, 0.2) is 10.8 Å². The number of nitrogen functional groups attached to an aromatic ring is 1. The molecule has 2 aromatic rings. The Hall–Kier alpha value is -1.86. The summed E-state index contributed by atoms with van der Waals surface area (Å²) in [6.07, 6.45) is 0. The number of benzene rings is 1. The predicted octanol–water partition coefficient (Wildman–Crippen LogP) is 2.39. The summed E-state index contributed by atoms with van der Waals surface area (Å²) >= 11 is 2.32. The quantitative estimate of drug-likeness (QED) is 0.532. The second-order valence-electron chi connectivity index (χ2n) is 3.40. The highest BCUT2D eigenvalue weighted by Gasteiger charge is 2.19. The van der Waals surface area contributed by atoms with Gasteiger partial charge in [-0.1, -0.05) is 23.4 Å². The van der Waals surface area contributed by atoms with Crippen molar-refractivity contribution in [3.8, 4) is 0 Å². The van der Waals surface area contributed by atoms with Crippen molar-refractivity contribution in [1.82, 2.24) is 4.98 Å². The first-order valence-electron chi connectivity index (χ1n) is 5.30. The number of nitrogens with two attached hydrogens (primary N) is 1. The monoisotopic (exact) mass is 293 g/mol. The van der Waals surface area contributed by atoms with Crippen molar-refractivity contribution in [2.24, 2.45) is 5.16 Å². The SMILES string of the molecule is CON=C(C(=O)Sc1ccccc1)c1csc(N)n1. The number of thioether (sulfide) groups is 1. The summed E-state index contributed by atoms with van der Waals surface area (Å²) in [4.78, 5) is 21.8. The Morgan fingerprint density at radius 3 is 2.74 bits per heavy atom. The molecular weight excluding hydrogens is 282 g/mol. The molecule has 1 aromatic carbocycles. The fourth-order valence-electron chi connectivity index (χ4n) is 1.32. The lowest BCUT2D eigenvalue weighted by Crippen LogP contribution is -2.13. The number of carbonyl (C=O) groups excluding carboxylic acids is 1. The van der Waals surface area contributed by atoms with E-state index in [2.05, 4.69) is 10.1 Å². The van der Waals surface area contributed by atoms with Crippen LogP contribution in [-0.4, -0.2) is 22.9 Å². The topological polar surface area (TPSA) is 77.6 Å². The molecule has 0 aliphatic heterocycles. The van der Waals surface area contributed by atoms with E-state index in [1.165, 1.54) is 18.4 Å². The second-order valence-corrected chi connectivity index (χ2v) is 5.33. The van der Waals surface area contributed by atoms with Gasteiger partial charge in [-0.3, -0.25) is 4.79 Å². The highest BCUT2D eigenvalue weighted by Crippen LogP contribution is 2.22. The van der Waals surface area contributed by atoms with Gasteiger partial charge >= 0.3 is 0 Å². The lowest BCUT2D eigenvalue weighted by molar-refractivity contribution is -0.105. The minimum absolute atomic E-state index is 0.157. The summed E-state index contributed by atoms with van der Waals surface area (Å²) in [5.74, 6) is 0. The van der Waals surface area contributed by atoms with E-state index < -0.39 is 0 Å². The van der Waals surface area contributed by atoms with E-state index in [1.807, 2.05) is 30.3 Å². The first-order valence-corrected chi connectivity index (χ1v) is 7.00. The third kappa shape index (κ3) is 3.55. The summed E-state index contributed by atoms with van der Waals surface area (Å²) in [5.41, 5.74) is 6.14.